The summed E-state index contributed by atoms with van der Waals surface area (Å²) in [6.45, 7) is 2.17. The molecule has 0 bridgehead atoms. The van der Waals surface area contributed by atoms with Gasteiger partial charge in [-0.2, -0.15) is 13.2 Å². The van der Waals surface area contributed by atoms with Gasteiger partial charge in [-0.1, -0.05) is 31.9 Å². The highest BCUT2D eigenvalue weighted by molar-refractivity contribution is 5.28. The SMILES string of the molecule is CC/C=C/[C@H]1CC[C@H]([C@H]2CC[C@H](CCc3cc(F)c(C(F)(F)F)c(F)c3)CC2)CC1. The molecule has 0 atom stereocenters. The second-order valence-corrected chi connectivity index (χ2v) is 9.26. The maximum Gasteiger partial charge on any atom is 0.422 e. The Morgan fingerprint density at radius 1 is 0.867 bits per heavy atom. The average Bonchev–Trinajstić information content (AvgIpc) is 2.70. The standard InChI is InChI=1S/C25H33F5/c1-2-3-4-17-7-11-20(12-8-17)21-13-9-18(10-14-21)5-6-19-15-22(26)24(23(27)16-19)25(28,29)30/h3-4,15-18,20-21H,2,5-14H2,1H3/b4-3+/t17-,18-,20-,21-. The first-order valence-electron chi connectivity index (χ1n) is 11.5. The van der Waals surface area contributed by atoms with Gasteiger partial charge in [-0.25, -0.2) is 8.78 Å². The smallest absolute Gasteiger partial charge is 0.206 e. The van der Waals surface area contributed by atoms with Crippen LogP contribution in [0.5, 0.6) is 0 Å². The van der Waals surface area contributed by atoms with Crippen molar-refractivity contribution in [1.29, 1.82) is 0 Å². The first kappa shape index (κ1) is 23.3. The van der Waals surface area contributed by atoms with E-state index in [1.165, 1.54) is 38.5 Å². The number of rotatable bonds is 6. The summed E-state index contributed by atoms with van der Waals surface area (Å²) in [5.74, 6) is -0.148. The van der Waals surface area contributed by atoms with Gasteiger partial charge in [-0.05, 0) is 99.2 Å². The quantitative estimate of drug-likeness (QED) is 0.315. The van der Waals surface area contributed by atoms with E-state index in [1.54, 1.807) is 0 Å². The van der Waals surface area contributed by atoms with Gasteiger partial charge in [0.2, 0.25) is 0 Å². The van der Waals surface area contributed by atoms with E-state index in [9.17, 15) is 22.0 Å². The molecule has 0 N–H and O–H groups in total. The third kappa shape index (κ3) is 6.07. The van der Waals surface area contributed by atoms with Gasteiger partial charge in [0.15, 0.2) is 0 Å². The predicted molar refractivity (Wildman–Crippen MR) is 110 cm³/mol. The van der Waals surface area contributed by atoms with Crippen LogP contribution in [0.4, 0.5) is 22.0 Å². The molecule has 168 valence electrons. The van der Waals surface area contributed by atoms with Crippen LogP contribution in [0.2, 0.25) is 0 Å². The van der Waals surface area contributed by atoms with Gasteiger partial charge in [0.25, 0.3) is 0 Å². The van der Waals surface area contributed by atoms with E-state index in [-0.39, 0.29) is 0 Å². The molecule has 2 aliphatic rings. The topological polar surface area (TPSA) is 0 Å². The van der Waals surface area contributed by atoms with Crippen molar-refractivity contribution in [3.05, 3.63) is 47.0 Å². The molecule has 0 saturated heterocycles. The molecule has 0 spiro atoms. The second kappa shape index (κ2) is 10.3. The fourth-order valence-electron chi connectivity index (χ4n) is 5.50. The van der Waals surface area contributed by atoms with Gasteiger partial charge in [0.05, 0.1) is 0 Å². The molecule has 5 heteroatoms. The van der Waals surface area contributed by atoms with E-state index in [4.69, 9.17) is 0 Å². The highest BCUT2D eigenvalue weighted by atomic mass is 19.4. The average molecular weight is 429 g/mol. The molecule has 30 heavy (non-hydrogen) atoms. The number of halogens is 5. The van der Waals surface area contributed by atoms with E-state index < -0.39 is 23.4 Å². The van der Waals surface area contributed by atoms with E-state index in [1.807, 2.05) is 0 Å². The number of alkyl halides is 3. The van der Waals surface area contributed by atoms with Gasteiger partial charge >= 0.3 is 6.18 Å². The van der Waals surface area contributed by atoms with E-state index in [0.29, 0.717) is 17.9 Å². The highest BCUT2D eigenvalue weighted by Gasteiger charge is 2.38. The van der Waals surface area contributed by atoms with E-state index >= 15 is 0 Å². The monoisotopic (exact) mass is 428 g/mol. The summed E-state index contributed by atoms with van der Waals surface area (Å²) in [4.78, 5) is 0. The maximum absolute atomic E-state index is 13.8. The number of benzene rings is 1. The zero-order valence-electron chi connectivity index (χ0n) is 17.8. The molecule has 0 amide bonds. The van der Waals surface area contributed by atoms with Crippen molar-refractivity contribution < 1.29 is 22.0 Å². The fourth-order valence-corrected chi connectivity index (χ4v) is 5.50. The molecule has 0 aliphatic heterocycles. The second-order valence-electron chi connectivity index (χ2n) is 9.26. The molecule has 2 aliphatic carbocycles. The summed E-state index contributed by atoms with van der Waals surface area (Å²) >= 11 is 0. The number of hydrogen-bond donors (Lipinski definition) is 0. The van der Waals surface area contributed by atoms with Crippen LogP contribution in [0.15, 0.2) is 24.3 Å². The van der Waals surface area contributed by atoms with Crippen molar-refractivity contribution in [2.75, 3.05) is 0 Å². The maximum atomic E-state index is 13.8. The van der Waals surface area contributed by atoms with Gasteiger partial charge in [0, 0.05) is 0 Å². The van der Waals surface area contributed by atoms with Crippen molar-refractivity contribution in [2.45, 2.75) is 83.7 Å². The lowest BCUT2D eigenvalue weighted by Gasteiger charge is -2.37. The van der Waals surface area contributed by atoms with Crippen LogP contribution in [0.3, 0.4) is 0 Å². The zero-order valence-corrected chi connectivity index (χ0v) is 17.8. The summed E-state index contributed by atoms with van der Waals surface area (Å²) in [6, 6.07) is 1.70. The molecule has 1 aromatic rings. The number of allylic oxidation sites excluding steroid dienone is 2. The van der Waals surface area contributed by atoms with E-state index in [0.717, 1.165) is 55.6 Å². The Labute approximate surface area is 176 Å². The Morgan fingerprint density at radius 3 is 1.90 bits per heavy atom. The molecule has 0 nitrogen and oxygen atoms in total. The van der Waals surface area contributed by atoms with Crippen molar-refractivity contribution in [1.82, 2.24) is 0 Å². The fraction of sp³-hybridized carbons (Fsp3) is 0.680. The lowest BCUT2D eigenvalue weighted by atomic mass is 9.68. The molecule has 2 fully saturated rings. The Morgan fingerprint density at radius 2 is 1.40 bits per heavy atom. The number of aryl methyl sites for hydroxylation is 1. The summed E-state index contributed by atoms with van der Waals surface area (Å²) in [6.07, 6.45) is 11.9. The summed E-state index contributed by atoms with van der Waals surface area (Å²) in [7, 11) is 0. The molecule has 0 heterocycles. The van der Waals surface area contributed by atoms with Crippen LogP contribution in [0, 0.1) is 35.3 Å². The molecular weight excluding hydrogens is 395 g/mol. The lowest BCUT2D eigenvalue weighted by Crippen LogP contribution is -2.25. The summed E-state index contributed by atoms with van der Waals surface area (Å²) in [5, 5.41) is 0. The first-order chi connectivity index (χ1) is 14.3. The largest absolute Gasteiger partial charge is 0.422 e. The molecule has 3 rings (SSSR count). The first-order valence-corrected chi connectivity index (χ1v) is 11.5. The van der Waals surface area contributed by atoms with Crippen LogP contribution in [0.1, 0.15) is 82.3 Å². The Hall–Kier alpha value is -1.39. The van der Waals surface area contributed by atoms with Crippen LogP contribution in [0.25, 0.3) is 0 Å². The van der Waals surface area contributed by atoms with Gasteiger partial charge < -0.3 is 0 Å². The molecule has 0 aromatic heterocycles. The summed E-state index contributed by atoms with van der Waals surface area (Å²) < 4.78 is 65.6. The predicted octanol–water partition coefficient (Wildman–Crippen LogP) is 8.50. The molecule has 1 aromatic carbocycles. The van der Waals surface area contributed by atoms with Gasteiger partial charge in [-0.3, -0.25) is 0 Å². The van der Waals surface area contributed by atoms with Crippen LogP contribution in [-0.4, -0.2) is 0 Å². The molecule has 0 radical (unpaired) electrons. The zero-order chi connectivity index (χ0) is 21.7. The van der Waals surface area contributed by atoms with Crippen molar-refractivity contribution in [3.63, 3.8) is 0 Å². The Kier molecular flexibility index (Phi) is 7.98. The third-order valence-corrected chi connectivity index (χ3v) is 7.25. The summed E-state index contributed by atoms with van der Waals surface area (Å²) in [5.41, 5.74) is -1.47. The number of hydrogen-bond acceptors (Lipinski definition) is 0. The van der Waals surface area contributed by atoms with Crippen molar-refractivity contribution >= 4 is 0 Å². The van der Waals surface area contributed by atoms with Crippen molar-refractivity contribution in [3.8, 4) is 0 Å². The van der Waals surface area contributed by atoms with Crippen LogP contribution in [-0.2, 0) is 12.6 Å². The minimum absolute atomic E-state index is 0.318. The highest BCUT2D eigenvalue weighted by Crippen LogP contribution is 2.42. The Balaban J connectivity index is 1.44. The van der Waals surface area contributed by atoms with Crippen LogP contribution >= 0.6 is 0 Å². The molecule has 2 saturated carbocycles. The third-order valence-electron chi connectivity index (χ3n) is 7.25. The molecular formula is C25H33F5. The van der Waals surface area contributed by atoms with Gasteiger partial charge in [-0.15, -0.1) is 0 Å². The normalized spacial score (nSPS) is 28.2. The Bertz CT molecular complexity index is 682. The van der Waals surface area contributed by atoms with E-state index in [2.05, 4.69) is 19.1 Å². The van der Waals surface area contributed by atoms with Crippen molar-refractivity contribution in [2.24, 2.45) is 23.7 Å². The lowest BCUT2D eigenvalue weighted by molar-refractivity contribution is -0.142. The minimum atomic E-state index is -5.00. The van der Waals surface area contributed by atoms with Gasteiger partial charge in [0.1, 0.15) is 17.2 Å². The van der Waals surface area contributed by atoms with Crippen LogP contribution < -0.4 is 0 Å². The minimum Gasteiger partial charge on any atom is -0.206 e. The molecule has 0 unspecified atom stereocenters.